The van der Waals surface area contributed by atoms with Crippen LogP contribution in [0.15, 0.2) is 51.9 Å². The Balaban J connectivity index is 1.61. The number of hydrogen-bond acceptors (Lipinski definition) is 4. The highest BCUT2D eigenvalue weighted by atomic mass is 16.5. The molecule has 2 aromatic rings. The number of carbonyl (C=O) groups excluding carboxylic acids is 1. The van der Waals surface area contributed by atoms with E-state index in [1.54, 1.807) is 0 Å². The van der Waals surface area contributed by atoms with Crippen LogP contribution in [0.5, 0.6) is 5.75 Å². The summed E-state index contributed by atoms with van der Waals surface area (Å²) in [6, 6.07) is 10.9. The van der Waals surface area contributed by atoms with Crippen LogP contribution in [-0.2, 0) is 6.61 Å². The maximum absolute atomic E-state index is 12.2. The molecule has 1 amide bonds. The molecule has 3 rings (SSSR count). The zero-order valence-electron chi connectivity index (χ0n) is 13.5. The van der Waals surface area contributed by atoms with Crippen LogP contribution in [0, 0.1) is 0 Å². The number of rotatable bonds is 5. The summed E-state index contributed by atoms with van der Waals surface area (Å²) in [5.41, 5.74) is 0.599. The Bertz CT molecular complexity index is 733. The molecular formula is C19H21NO4. The quantitative estimate of drug-likeness (QED) is 0.915. The van der Waals surface area contributed by atoms with Crippen LogP contribution in [0.4, 0.5) is 0 Å². The van der Waals surface area contributed by atoms with Crippen LogP contribution in [0.3, 0.4) is 0 Å². The van der Waals surface area contributed by atoms with E-state index in [0.29, 0.717) is 0 Å². The number of benzene rings is 1. The Labute approximate surface area is 140 Å². The topological polar surface area (TPSA) is 68.5 Å². The van der Waals surface area contributed by atoms with Crippen LogP contribution in [-0.4, -0.2) is 11.9 Å². The summed E-state index contributed by atoms with van der Waals surface area (Å²) < 4.78 is 10.8. The smallest absolute Gasteiger partial charge is 0.287 e. The fourth-order valence-corrected chi connectivity index (χ4v) is 2.86. The summed E-state index contributed by atoms with van der Waals surface area (Å²) in [5.74, 6) is -0.209. The standard InChI is InChI=1S/C19H21NO4/c21-16-11-17(19(22)20-15-9-5-2-6-10-15)24-13-18(16)23-12-14-7-3-1-4-8-14/h1,3-4,7-8,11,13,15H,2,5-6,9-10,12H2,(H,20,22). The summed E-state index contributed by atoms with van der Waals surface area (Å²) >= 11 is 0. The molecule has 1 aliphatic rings. The lowest BCUT2D eigenvalue weighted by Gasteiger charge is -2.22. The lowest BCUT2D eigenvalue weighted by Crippen LogP contribution is -2.36. The number of nitrogens with one attached hydrogen (secondary N) is 1. The van der Waals surface area contributed by atoms with Gasteiger partial charge in [0.1, 0.15) is 12.9 Å². The van der Waals surface area contributed by atoms with Crippen molar-refractivity contribution >= 4 is 5.91 Å². The Morgan fingerprint density at radius 3 is 2.62 bits per heavy atom. The van der Waals surface area contributed by atoms with E-state index in [2.05, 4.69) is 5.32 Å². The summed E-state index contributed by atoms with van der Waals surface area (Å²) in [5, 5.41) is 2.93. The van der Waals surface area contributed by atoms with Crippen LogP contribution < -0.4 is 15.5 Å². The third-order valence-corrected chi connectivity index (χ3v) is 4.20. The van der Waals surface area contributed by atoms with Crippen molar-refractivity contribution in [3.8, 4) is 5.75 Å². The molecule has 0 bridgehead atoms. The van der Waals surface area contributed by atoms with Gasteiger partial charge in [-0.2, -0.15) is 0 Å². The Morgan fingerprint density at radius 1 is 1.17 bits per heavy atom. The normalized spacial score (nSPS) is 15.0. The molecule has 1 saturated carbocycles. The second kappa shape index (κ2) is 7.81. The van der Waals surface area contributed by atoms with E-state index in [9.17, 15) is 9.59 Å². The van der Waals surface area contributed by atoms with Crippen LogP contribution in [0.1, 0.15) is 48.2 Å². The molecule has 1 aromatic heterocycles. The van der Waals surface area contributed by atoms with Gasteiger partial charge in [0.15, 0.2) is 5.76 Å². The predicted octanol–water partition coefficient (Wildman–Crippen LogP) is 3.28. The van der Waals surface area contributed by atoms with Gasteiger partial charge in [0.25, 0.3) is 5.91 Å². The van der Waals surface area contributed by atoms with Crippen molar-refractivity contribution in [1.29, 1.82) is 0 Å². The van der Waals surface area contributed by atoms with Crippen LogP contribution in [0.25, 0.3) is 0 Å². The number of hydrogen-bond donors (Lipinski definition) is 1. The van der Waals surface area contributed by atoms with Gasteiger partial charge in [0.05, 0.1) is 0 Å². The third kappa shape index (κ3) is 4.25. The molecule has 1 N–H and O–H groups in total. The van der Waals surface area contributed by atoms with Gasteiger partial charge in [-0.3, -0.25) is 9.59 Å². The monoisotopic (exact) mass is 327 g/mol. The third-order valence-electron chi connectivity index (χ3n) is 4.20. The van der Waals surface area contributed by atoms with E-state index in [4.69, 9.17) is 9.15 Å². The van der Waals surface area contributed by atoms with Crippen molar-refractivity contribution in [2.24, 2.45) is 0 Å². The Kier molecular flexibility index (Phi) is 5.31. The van der Waals surface area contributed by atoms with Gasteiger partial charge in [-0.05, 0) is 18.4 Å². The van der Waals surface area contributed by atoms with Crippen molar-refractivity contribution in [2.75, 3.05) is 0 Å². The molecule has 126 valence electrons. The first-order valence-corrected chi connectivity index (χ1v) is 8.33. The van der Waals surface area contributed by atoms with Gasteiger partial charge in [-0.25, -0.2) is 0 Å². The fourth-order valence-electron chi connectivity index (χ4n) is 2.86. The van der Waals surface area contributed by atoms with Crippen LogP contribution in [0.2, 0.25) is 0 Å². The first kappa shape index (κ1) is 16.3. The van der Waals surface area contributed by atoms with E-state index in [1.807, 2.05) is 30.3 Å². The van der Waals surface area contributed by atoms with E-state index in [0.717, 1.165) is 31.2 Å². The number of carbonyl (C=O) groups is 1. The molecular weight excluding hydrogens is 306 g/mol. The molecule has 5 heteroatoms. The lowest BCUT2D eigenvalue weighted by molar-refractivity contribution is 0.0896. The summed E-state index contributed by atoms with van der Waals surface area (Å²) in [7, 11) is 0. The molecule has 0 saturated heterocycles. The lowest BCUT2D eigenvalue weighted by atomic mass is 9.95. The van der Waals surface area contributed by atoms with Gasteiger partial charge in [-0.1, -0.05) is 49.6 Å². The largest absolute Gasteiger partial charge is 0.482 e. The SMILES string of the molecule is O=C(NC1CCCCC1)c1cc(=O)c(OCc2ccccc2)co1. The van der Waals surface area contributed by atoms with Gasteiger partial charge < -0.3 is 14.5 Å². The molecule has 1 heterocycles. The van der Waals surface area contributed by atoms with Crippen molar-refractivity contribution in [3.05, 3.63) is 64.2 Å². The maximum Gasteiger partial charge on any atom is 0.287 e. The summed E-state index contributed by atoms with van der Waals surface area (Å²) in [6.45, 7) is 0.277. The average Bonchev–Trinajstić information content (AvgIpc) is 2.62. The summed E-state index contributed by atoms with van der Waals surface area (Å²) in [4.78, 5) is 24.3. The minimum Gasteiger partial charge on any atom is -0.482 e. The Hall–Kier alpha value is -2.56. The fraction of sp³-hybridized carbons (Fsp3) is 0.368. The van der Waals surface area contributed by atoms with E-state index in [1.165, 1.54) is 18.8 Å². The molecule has 0 aliphatic heterocycles. The van der Waals surface area contributed by atoms with Crippen molar-refractivity contribution in [2.45, 2.75) is 44.8 Å². The molecule has 1 fully saturated rings. The molecule has 0 spiro atoms. The number of amides is 1. The molecule has 5 nitrogen and oxygen atoms in total. The van der Waals surface area contributed by atoms with E-state index < -0.39 is 0 Å². The molecule has 1 aliphatic carbocycles. The summed E-state index contributed by atoms with van der Waals surface area (Å²) in [6.07, 6.45) is 6.64. The first-order chi connectivity index (χ1) is 11.7. The van der Waals surface area contributed by atoms with Crippen molar-refractivity contribution < 1.29 is 13.9 Å². The maximum atomic E-state index is 12.2. The van der Waals surface area contributed by atoms with Gasteiger partial charge in [0.2, 0.25) is 11.2 Å². The highest BCUT2D eigenvalue weighted by molar-refractivity contribution is 5.91. The minimum atomic E-state index is -0.356. The first-order valence-electron chi connectivity index (χ1n) is 8.33. The molecule has 1 aromatic carbocycles. The zero-order valence-corrected chi connectivity index (χ0v) is 13.5. The second-order valence-corrected chi connectivity index (χ2v) is 6.06. The predicted molar refractivity (Wildman–Crippen MR) is 90.1 cm³/mol. The average molecular weight is 327 g/mol. The van der Waals surface area contributed by atoms with E-state index >= 15 is 0 Å². The molecule has 0 radical (unpaired) electrons. The van der Waals surface area contributed by atoms with E-state index in [-0.39, 0.29) is 35.5 Å². The Morgan fingerprint density at radius 2 is 1.92 bits per heavy atom. The van der Waals surface area contributed by atoms with Crippen LogP contribution >= 0.6 is 0 Å². The zero-order chi connectivity index (χ0) is 16.8. The van der Waals surface area contributed by atoms with Crippen molar-refractivity contribution in [1.82, 2.24) is 5.32 Å². The molecule has 24 heavy (non-hydrogen) atoms. The number of ether oxygens (including phenoxy) is 1. The highest BCUT2D eigenvalue weighted by Gasteiger charge is 2.19. The van der Waals surface area contributed by atoms with Gasteiger partial charge in [-0.15, -0.1) is 0 Å². The highest BCUT2D eigenvalue weighted by Crippen LogP contribution is 2.18. The molecule has 0 atom stereocenters. The second-order valence-electron chi connectivity index (χ2n) is 6.06. The van der Waals surface area contributed by atoms with Gasteiger partial charge >= 0.3 is 0 Å². The van der Waals surface area contributed by atoms with Crippen molar-refractivity contribution in [3.63, 3.8) is 0 Å². The molecule has 0 unspecified atom stereocenters. The minimum absolute atomic E-state index is 0.0256. The van der Waals surface area contributed by atoms with Gasteiger partial charge in [0, 0.05) is 12.1 Å².